The fourth-order valence-electron chi connectivity index (χ4n) is 2.49. The van der Waals surface area contributed by atoms with E-state index in [1.807, 2.05) is 0 Å². The number of hydrogen-bond donors (Lipinski definition) is 1. The van der Waals surface area contributed by atoms with Crippen LogP contribution in [0.4, 0.5) is 8.78 Å². The van der Waals surface area contributed by atoms with Crippen molar-refractivity contribution in [3.63, 3.8) is 0 Å². The van der Waals surface area contributed by atoms with Crippen molar-refractivity contribution in [1.82, 2.24) is 9.55 Å². The Bertz CT molecular complexity index is 807. The smallest absolute Gasteiger partial charge is 0.330 e. The van der Waals surface area contributed by atoms with Crippen molar-refractivity contribution >= 4 is 11.9 Å². The SMILES string of the molecule is CCCC(=O)OC1OC(n2cc(F)c(=O)[nH]c2=O)C(F)C1OC(=O)CCC. The molecular formula is C16H20F2N2O7. The van der Waals surface area contributed by atoms with Crippen molar-refractivity contribution in [2.75, 3.05) is 0 Å². The number of nitrogens with one attached hydrogen (secondary N) is 1. The Hall–Kier alpha value is -2.56. The number of nitrogens with zero attached hydrogens (tertiary/aromatic N) is 1. The molecule has 0 spiro atoms. The van der Waals surface area contributed by atoms with Crippen molar-refractivity contribution < 1.29 is 32.6 Å². The summed E-state index contributed by atoms with van der Waals surface area (Å²) in [4.78, 5) is 48.2. The summed E-state index contributed by atoms with van der Waals surface area (Å²) in [5, 5.41) is 0. The van der Waals surface area contributed by atoms with E-state index in [1.165, 1.54) is 0 Å². The molecule has 0 radical (unpaired) electrons. The van der Waals surface area contributed by atoms with Crippen molar-refractivity contribution in [1.29, 1.82) is 0 Å². The molecule has 4 atom stereocenters. The number of carbonyl (C=O) groups excluding carboxylic acids is 2. The van der Waals surface area contributed by atoms with Gasteiger partial charge in [-0.3, -0.25) is 23.9 Å². The highest BCUT2D eigenvalue weighted by molar-refractivity contribution is 5.70. The molecule has 2 rings (SSSR count). The molecule has 1 fully saturated rings. The van der Waals surface area contributed by atoms with Gasteiger partial charge in [0.25, 0.3) is 5.56 Å². The number of alkyl halides is 1. The number of aromatic amines is 1. The number of halogens is 2. The molecule has 0 amide bonds. The largest absolute Gasteiger partial charge is 0.452 e. The fraction of sp³-hybridized carbons (Fsp3) is 0.625. The van der Waals surface area contributed by atoms with E-state index in [4.69, 9.17) is 14.2 Å². The monoisotopic (exact) mass is 390 g/mol. The summed E-state index contributed by atoms with van der Waals surface area (Å²) in [5.74, 6) is -2.80. The van der Waals surface area contributed by atoms with Gasteiger partial charge in [-0.2, -0.15) is 4.39 Å². The van der Waals surface area contributed by atoms with E-state index in [9.17, 15) is 28.0 Å². The van der Waals surface area contributed by atoms with Crippen LogP contribution in [0.25, 0.3) is 0 Å². The third kappa shape index (κ3) is 4.79. The summed E-state index contributed by atoms with van der Waals surface area (Å²) >= 11 is 0. The highest BCUT2D eigenvalue weighted by atomic mass is 19.1. The van der Waals surface area contributed by atoms with E-state index in [0.29, 0.717) is 23.6 Å². The molecule has 9 nitrogen and oxygen atoms in total. The molecule has 0 bridgehead atoms. The van der Waals surface area contributed by atoms with E-state index in [-0.39, 0.29) is 12.8 Å². The predicted molar refractivity (Wildman–Crippen MR) is 85.9 cm³/mol. The van der Waals surface area contributed by atoms with Gasteiger partial charge in [0.05, 0.1) is 6.20 Å². The van der Waals surface area contributed by atoms with Gasteiger partial charge in [-0.1, -0.05) is 13.8 Å². The van der Waals surface area contributed by atoms with Crippen molar-refractivity contribution in [2.24, 2.45) is 0 Å². The van der Waals surface area contributed by atoms with Crippen LogP contribution in [0.3, 0.4) is 0 Å². The van der Waals surface area contributed by atoms with E-state index >= 15 is 0 Å². The molecule has 0 saturated carbocycles. The van der Waals surface area contributed by atoms with Crippen LogP contribution in [-0.2, 0) is 23.8 Å². The minimum Gasteiger partial charge on any atom is -0.452 e. The van der Waals surface area contributed by atoms with Crippen molar-refractivity contribution in [3.05, 3.63) is 32.9 Å². The van der Waals surface area contributed by atoms with Gasteiger partial charge in [0.2, 0.25) is 12.1 Å². The summed E-state index contributed by atoms with van der Waals surface area (Å²) < 4.78 is 44.1. The maximum absolute atomic E-state index is 14.9. The Morgan fingerprint density at radius 3 is 2.37 bits per heavy atom. The molecule has 11 heteroatoms. The third-order valence-electron chi connectivity index (χ3n) is 3.75. The van der Waals surface area contributed by atoms with Gasteiger partial charge in [0.15, 0.2) is 18.5 Å². The number of carbonyl (C=O) groups is 2. The van der Waals surface area contributed by atoms with Crippen LogP contribution in [0.5, 0.6) is 0 Å². The van der Waals surface area contributed by atoms with Crippen LogP contribution >= 0.6 is 0 Å². The average molecular weight is 390 g/mol. The molecule has 2 heterocycles. The minimum atomic E-state index is -2.15. The topological polar surface area (TPSA) is 117 Å². The van der Waals surface area contributed by atoms with E-state index in [2.05, 4.69) is 0 Å². The summed E-state index contributed by atoms with van der Waals surface area (Å²) in [5.41, 5.74) is -2.41. The van der Waals surface area contributed by atoms with Gasteiger partial charge in [-0.25, -0.2) is 9.18 Å². The molecule has 4 unspecified atom stereocenters. The zero-order valence-electron chi connectivity index (χ0n) is 14.8. The molecule has 1 aromatic heterocycles. The standard InChI is InChI=1S/C16H20F2N2O7/c1-3-5-9(21)25-12-11(18)14(27-15(12)26-10(22)6-4-2)20-7-8(17)13(23)19-16(20)24/h7,11-12,14-15H,3-6H2,1-2H3,(H,19,23,24). The minimum absolute atomic E-state index is 0.00323. The van der Waals surface area contributed by atoms with Gasteiger partial charge in [0, 0.05) is 12.8 Å². The zero-order chi connectivity index (χ0) is 20.1. The molecular weight excluding hydrogens is 370 g/mol. The van der Waals surface area contributed by atoms with E-state index < -0.39 is 53.8 Å². The second-order valence-electron chi connectivity index (χ2n) is 5.93. The number of aromatic nitrogens is 2. The van der Waals surface area contributed by atoms with Crippen LogP contribution in [0.1, 0.15) is 45.8 Å². The number of ether oxygens (including phenoxy) is 3. The first-order valence-corrected chi connectivity index (χ1v) is 8.47. The second kappa shape index (κ2) is 8.89. The van der Waals surface area contributed by atoms with Crippen LogP contribution < -0.4 is 11.2 Å². The Kier molecular flexibility index (Phi) is 6.83. The van der Waals surface area contributed by atoms with Gasteiger partial charge in [0.1, 0.15) is 0 Å². The van der Waals surface area contributed by atoms with Crippen LogP contribution in [0.15, 0.2) is 15.8 Å². The molecule has 1 aromatic rings. The number of H-pyrrole nitrogens is 1. The van der Waals surface area contributed by atoms with Gasteiger partial charge in [-0.05, 0) is 12.8 Å². The van der Waals surface area contributed by atoms with E-state index in [0.717, 1.165) is 0 Å². The van der Waals surface area contributed by atoms with Gasteiger partial charge < -0.3 is 14.2 Å². The molecule has 150 valence electrons. The molecule has 1 saturated heterocycles. The highest BCUT2D eigenvalue weighted by Gasteiger charge is 2.51. The van der Waals surface area contributed by atoms with Gasteiger partial charge in [-0.15, -0.1) is 0 Å². The summed E-state index contributed by atoms with van der Waals surface area (Å²) in [6, 6.07) is 0. The first-order valence-electron chi connectivity index (χ1n) is 8.47. The summed E-state index contributed by atoms with van der Waals surface area (Å²) in [7, 11) is 0. The molecule has 0 aliphatic carbocycles. The first-order chi connectivity index (χ1) is 12.8. The van der Waals surface area contributed by atoms with Gasteiger partial charge >= 0.3 is 17.6 Å². The van der Waals surface area contributed by atoms with Crippen molar-refractivity contribution in [2.45, 2.75) is 64.3 Å². The molecule has 1 aliphatic heterocycles. The van der Waals surface area contributed by atoms with Crippen LogP contribution in [-0.4, -0.2) is 40.1 Å². The maximum atomic E-state index is 14.9. The summed E-state index contributed by atoms with van der Waals surface area (Å²) in [6.07, 6.45) is -5.78. The number of rotatable bonds is 7. The normalized spacial score (nSPS) is 24.6. The highest BCUT2D eigenvalue weighted by Crippen LogP contribution is 2.34. The maximum Gasteiger partial charge on any atom is 0.330 e. The lowest BCUT2D eigenvalue weighted by Crippen LogP contribution is -2.38. The zero-order valence-corrected chi connectivity index (χ0v) is 14.8. The lowest BCUT2D eigenvalue weighted by atomic mass is 10.2. The Labute approximate surface area is 152 Å². The Balaban J connectivity index is 2.31. The van der Waals surface area contributed by atoms with Crippen molar-refractivity contribution in [3.8, 4) is 0 Å². The quantitative estimate of drug-likeness (QED) is 0.688. The Morgan fingerprint density at radius 1 is 1.19 bits per heavy atom. The lowest BCUT2D eigenvalue weighted by Gasteiger charge is -2.19. The predicted octanol–water partition coefficient (Wildman–Crippen LogP) is 0.924. The van der Waals surface area contributed by atoms with Crippen LogP contribution in [0, 0.1) is 5.82 Å². The average Bonchev–Trinajstić information content (AvgIpc) is 2.88. The Morgan fingerprint density at radius 2 is 1.78 bits per heavy atom. The molecule has 1 N–H and O–H groups in total. The number of esters is 2. The fourth-order valence-corrected chi connectivity index (χ4v) is 2.49. The van der Waals surface area contributed by atoms with E-state index in [1.54, 1.807) is 18.8 Å². The first kappa shape index (κ1) is 20.7. The molecule has 1 aliphatic rings. The second-order valence-corrected chi connectivity index (χ2v) is 5.93. The molecule has 0 aromatic carbocycles. The summed E-state index contributed by atoms with van der Waals surface area (Å²) in [6.45, 7) is 3.43. The number of hydrogen-bond acceptors (Lipinski definition) is 7. The molecule has 27 heavy (non-hydrogen) atoms. The van der Waals surface area contributed by atoms with Crippen LogP contribution in [0.2, 0.25) is 0 Å². The lowest BCUT2D eigenvalue weighted by molar-refractivity contribution is -0.201. The third-order valence-corrected chi connectivity index (χ3v) is 3.75.